The van der Waals surface area contributed by atoms with Gasteiger partial charge in [0, 0.05) is 32.4 Å². The Morgan fingerprint density at radius 2 is 1.56 bits per heavy atom. The summed E-state index contributed by atoms with van der Waals surface area (Å²) in [6, 6.07) is 24.9. The average molecular weight is 450 g/mol. The molecule has 3 aromatic heterocycles. The average Bonchev–Trinajstić information content (AvgIpc) is 3.42. The topological polar surface area (TPSA) is 66.2 Å². The van der Waals surface area contributed by atoms with E-state index in [4.69, 9.17) is 4.98 Å². The minimum atomic E-state index is -0.385. The van der Waals surface area contributed by atoms with E-state index in [1.165, 1.54) is 22.6 Å². The lowest BCUT2D eigenvalue weighted by molar-refractivity contribution is 0.706. The van der Waals surface area contributed by atoms with Crippen molar-refractivity contribution in [1.29, 1.82) is 0 Å². The van der Waals surface area contributed by atoms with Crippen LogP contribution in [-0.4, -0.2) is 23.1 Å². The number of imidazole rings is 2. The molecule has 0 aliphatic heterocycles. The van der Waals surface area contributed by atoms with Gasteiger partial charge in [-0.2, -0.15) is 4.98 Å². The monoisotopic (exact) mass is 449 g/mol. The van der Waals surface area contributed by atoms with Gasteiger partial charge in [0.15, 0.2) is 11.2 Å². The van der Waals surface area contributed by atoms with Crippen LogP contribution in [0.2, 0.25) is 0 Å². The summed E-state index contributed by atoms with van der Waals surface area (Å²) in [5.74, 6) is 0.646. The van der Waals surface area contributed by atoms with Crippen molar-refractivity contribution in [2.75, 3.05) is 0 Å². The molecule has 0 saturated heterocycles. The van der Waals surface area contributed by atoms with Crippen molar-refractivity contribution in [3.63, 3.8) is 0 Å². The number of hydrogen-bond donors (Lipinski definition) is 0. The molecule has 6 rings (SSSR count). The van der Waals surface area contributed by atoms with E-state index in [0.29, 0.717) is 23.5 Å². The van der Waals surface area contributed by atoms with Crippen LogP contribution >= 0.6 is 0 Å². The number of fused-ring (bicyclic) bond motifs is 4. The first-order chi connectivity index (χ1) is 16.5. The number of aromatic nitrogens is 5. The second kappa shape index (κ2) is 7.59. The number of rotatable bonds is 4. The summed E-state index contributed by atoms with van der Waals surface area (Å²) in [6.45, 7) is 0.681. The van der Waals surface area contributed by atoms with E-state index >= 15 is 0 Å². The molecule has 0 aliphatic rings. The molecule has 0 fully saturated rings. The van der Waals surface area contributed by atoms with Gasteiger partial charge >= 0.3 is 5.69 Å². The molecule has 0 radical (unpaired) electrons. The molecule has 6 aromatic rings. The smallest absolute Gasteiger partial charge is 0.309 e. The minimum Gasteiger partial charge on any atom is -0.309 e. The van der Waals surface area contributed by atoms with Crippen LogP contribution in [0.5, 0.6) is 0 Å². The highest BCUT2D eigenvalue weighted by molar-refractivity contribution is 5.87. The number of benzene rings is 3. The highest BCUT2D eigenvalue weighted by Crippen LogP contribution is 2.28. The molecule has 0 aliphatic carbocycles. The molecule has 7 heteroatoms. The summed E-state index contributed by atoms with van der Waals surface area (Å²) in [6.07, 6.45) is 2.78. The Kier molecular flexibility index (Phi) is 4.52. The van der Waals surface area contributed by atoms with Crippen molar-refractivity contribution < 1.29 is 0 Å². The Hall–Kier alpha value is -4.39. The van der Waals surface area contributed by atoms with Crippen molar-refractivity contribution in [2.45, 2.75) is 13.0 Å². The number of nitrogens with zero attached hydrogens (tertiary/aromatic N) is 5. The fraction of sp³-hybridized carbons (Fsp3) is 0.148. The lowest BCUT2D eigenvalue weighted by Crippen LogP contribution is -2.37. The fourth-order valence-corrected chi connectivity index (χ4v) is 4.70. The lowest BCUT2D eigenvalue weighted by atomic mass is 10.1. The summed E-state index contributed by atoms with van der Waals surface area (Å²) >= 11 is 0. The van der Waals surface area contributed by atoms with Crippen molar-refractivity contribution in [3.8, 4) is 11.3 Å². The molecule has 0 saturated carbocycles. The summed E-state index contributed by atoms with van der Waals surface area (Å²) < 4.78 is 6.53. The van der Waals surface area contributed by atoms with Gasteiger partial charge in [-0.3, -0.25) is 18.3 Å². The summed E-state index contributed by atoms with van der Waals surface area (Å²) in [5.41, 5.74) is 3.30. The zero-order valence-corrected chi connectivity index (χ0v) is 19.0. The van der Waals surface area contributed by atoms with Crippen molar-refractivity contribution in [1.82, 2.24) is 23.1 Å². The maximum atomic E-state index is 13.1. The van der Waals surface area contributed by atoms with Crippen LogP contribution in [0.15, 0.2) is 88.6 Å². The van der Waals surface area contributed by atoms with Gasteiger partial charge in [-0.15, -0.1) is 0 Å². The summed E-state index contributed by atoms with van der Waals surface area (Å²) in [5, 5.41) is 2.32. The lowest BCUT2D eigenvalue weighted by Gasteiger charge is -2.10. The van der Waals surface area contributed by atoms with Crippen LogP contribution in [0.4, 0.5) is 0 Å². The Balaban J connectivity index is 1.62. The molecule has 168 valence electrons. The maximum absolute atomic E-state index is 13.1. The Labute approximate surface area is 194 Å². The quantitative estimate of drug-likeness (QED) is 0.412. The van der Waals surface area contributed by atoms with Crippen LogP contribution in [0, 0.1) is 0 Å². The van der Waals surface area contributed by atoms with Gasteiger partial charge in [-0.1, -0.05) is 66.7 Å². The van der Waals surface area contributed by atoms with Gasteiger partial charge in [-0.25, -0.2) is 4.79 Å². The van der Waals surface area contributed by atoms with E-state index in [9.17, 15) is 9.59 Å². The van der Waals surface area contributed by atoms with Gasteiger partial charge in [0.05, 0.1) is 5.69 Å². The Bertz CT molecular complexity index is 1820. The van der Waals surface area contributed by atoms with Gasteiger partial charge in [0.2, 0.25) is 5.78 Å². The highest BCUT2D eigenvalue weighted by atomic mass is 16.2. The summed E-state index contributed by atoms with van der Waals surface area (Å²) in [4.78, 5) is 30.3. The SMILES string of the molecule is Cn1c(=O)c2c(nc3n(CCc4ccccc4)c(-c4ccc5ccccc5c4)cn23)n(C)c1=O. The standard InChI is InChI=1S/C27H23N5O2/c1-29-24-23(25(33)30(2)27(29)34)32-17-22(21-13-12-19-10-6-7-11-20(19)16-21)31(26(32)28-24)15-14-18-8-4-3-5-9-18/h3-13,16-17H,14-15H2,1-2H3. The number of hydrogen-bond acceptors (Lipinski definition) is 3. The number of aryl methyl sites for hydroxylation is 3. The highest BCUT2D eigenvalue weighted by Gasteiger charge is 2.21. The molecule has 0 N–H and O–H groups in total. The van der Waals surface area contributed by atoms with Gasteiger partial charge in [-0.05, 0) is 28.8 Å². The molecule has 7 nitrogen and oxygen atoms in total. The molecule has 0 bridgehead atoms. The molecular formula is C27H23N5O2. The zero-order chi connectivity index (χ0) is 23.4. The summed E-state index contributed by atoms with van der Waals surface area (Å²) in [7, 11) is 3.15. The van der Waals surface area contributed by atoms with Crippen LogP contribution in [0.3, 0.4) is 0 Å². The van der Waals surface area contributed by atoms with E-state index in [2.05, 4.69) is 47.0 Å². The van der Waals surface area contributed by atoms with Gasteiger partial charge < -0.3 is 4.57 Å². The van der Waals surface area contributed by atoms with E-state index < -0.39 is 0 Å². The third kappa shape index (κ3) is 3.01. The van der Waals surface area contributed by atoms with E-state index in [0.717, 1.165) is 27.6 Å². The Morgan fingerprint density at radius 3 is 2.35 bits per heavy atom. The second-order valence-electron chi connectivity index (χ2n) is 8.62. The van der Waals surface area contributed by atoms with Crippen LogP contribution in [0.25, 0.3) is 39.0 Å². The maximum Gasteiger partial charge on any atom is 0.332 e. The molecular weight excluding hydrogens is 426 g/mol. The zero-order valence-electron chi connectivity index (χ0n) is 19.0. The first kappa shape index (κ1) is 20.2. The fourth-order valence-electron chi connectivity index (χ4n) is 4.70. The normalized spacial score (nSPS) is 11.7. The van der Waals surface area contributed by atoms with Crippen molar-refractivity contribution >= 4 is 27.7 Å². The predicted molar refractivity (Wildman–Crippen MR) is 134 cm³/mol. The van der Waals surface area contributed by atoms with Crippen LogP contribution < -0.4 is 11.2 Å². The molecule has 0 amide bonds. The van der Waals surface area contributed by atoms with E-state index in [1.807, 2.05) is 40.9 Å². The molecule has 3 aromatic carbocycles. The molecule has 3 heterocycles. The Morgan fingerprint density at radius 1 is 0.824 bits per heavy atom. The van der Waals surface area contributed by atoms with E-state index in [1.54, 1.807) is 7.05 Å². The van der Waals surface area contributed by atoms with Gasteiger partial charge in [0.1, 0.15) is 0 Å². The molecule has 34 heavy (non-hydrogen) atoms. The first-order valence-electron chi connectivity index (χ1n) is 11.2. The third-order valence-electron chi connectivity index (χ3n) is 6.57. The second-order valence-corrected chi connectivity index (χ2v) is 8.62. The van der Waals surface area contributed by atoms with Crippen LogP contribution in [-0.2, 0) is 27.1 Å². The van der Waals surface area contributed by atoms with Crippen molar-refractivity contribution in [3.05, 3.63) is 105 Å². The van der Waals surface area contributed by atoms with Crippen molar-refractivity contribution in [2.24, 2.45) is 14.1 Å². The largest absolute Gasteiger partial charge is 0.332 e. The third-order valence-corrected chi connectivity index (χ3v) is 6.57. The van der Waals surface area contributed by atoms with E-state index in [-0.39, 0.29) is 11.2 Å². The minimum absolute atomic E-state index is 0.351. The first-order valence-corrected chi connectivity index (χ1v) is 11.2. The molecule has 0 spiro atoms. The van der Waals surface area contributed by atoms with Gasteiger partial charge in [0.25, 0.3) is 5.56 Å². The molecule has 0 unspecified atom stereocenters. The molecule has 0 atom stereocenters. The van der Waals surface area contributed by atoms with Crippen LogP contribution in [0.1, 0.15) is 5.56 Å². The predicted octanol–water partition coefficient (Wildman–Crippen LogP) is 3.75.